The van der Waals surface area contributed by atoms with Crippen molar-refractivity contribution in [2.45, 2.75) is 39.3 Å². The van der Waals surface area contributed by atoms with Gasteiger partial charge >= 0.3 is 0 Å². The van der Waals surface area contributed by atoms with Gasteiger partial charge in [0.2, 0.25) is 11.9 Å². The summed E-state index contributed by atoms with van der Waals surface area (Å²) in [5.74, 6) is 1.28. The number of piperazine rings is 1. The fraction of sp³-hybridized carbons (Fsp3) is 0.407. The van der Waals surface area contributed by atoms with E-state index in [4.69, 9.17) is 0 Å². The Morgan fingerprint density at radius 3 is 2.76 bits per heavy atom. The van der Waals surface area contributed by atoms with Crippen molar-refractivity contribution in [3.05, 3.63) is 54.2 Å². The van der Waals surface area contributed by atoms with Crippen molar-refractivity contribution < 1.29 is 9.18 Å². The van der Waals surface area contributed by atoms with Crippen molar-refractivity contribution in [1.29, 1.82) is 0 Å². The molecule has 0 spiro atoms. The van der Waals surface area contributed by atoms with Crippen LogP contribution in [0.25, 0.3) is 22.2 Å². The number of H-pyrrole nitrogens is 1. The van der Waals surface area contributed by atoms with E-state index in [-0.39, 0.29) is 23.3 Å². The molecule has 0 bridgehead atoms. The molecule has 1 amide bonds. The number of pyridine rings is 1. The maximum absolute atomic E-state index is 15.3. The zero-order valence-electron chi connectivity index (χ0n) is 21.1. The Bertz CT molecular complexity index is 1430. The monoisotopic (exact) mass is 502 g/mol. The van der Waals surface area contributed by atoms with Crippen molar-refractivity contribution in [3.63, 3.8) is 0 Å². The Morgan fingerprint density at radius 2 is 2.03 bits per heavy atom. The molecule has 192 valence electrons. The Hall–Kier alpha value is -3.79. The van der Waals surface area contributed by atoms with Crippen molar-refractivity contribution in [1.82, 2.24) is 34.5 Å². The number of amides is 1. The van der Waals surface area contributed by atoms with Crippen LogP contribution in [-0.2, 0) is 11.3 Å². The summed E-state index contributed by atoms with van der Waals surface area (Å²) >= 11 is 0. The molecule has 37 heavy (non-hydrogen) atoms. The molecule has 1 aliphatic carbocycles. The summed E-state index contributed by atoms with van der Waals surface area (Å²) in [4.78, 5) is 28.9. The first kappa shape index (κ1) is 23.6. The maximum atomic E-state index is 15.3. The molecular weight excluding hydrogens is 471 g/mol. The van der Waals surface area contributed by atoms with Gasteiger partial charge in [-0.3, -0.25) is 14.4 Å². The fourth-order valence-corrected chi connectivity index (χ4v) is 5.03. The maximum Gasteiger partial charge on any atom is 0.225 e. The zero-order chi connectivity index (χ0) is 25.5. The van der Waals surface area contributed by atoms with Gasteiger partial charge in [0, 0.05) is 68.2 Å². The van der Waals surface area contributed by atoms with Crippen molar-refractivity contribution in [2.24, 2.45) is 5.92 Å². The highest BCUT2D eigenvalue weighted by Gasteiger charge is 2.35. The van der Waals surface area contributed by atoms with E-state index < -0.39 is 0 Å². The van der Waals surface area contributed by atoms with E-state index in [9.17, 15) is 4.79 Å². The predicted molar refractivity (Wildman–Crippen MR) is 140 cm³/mol. The van der Waals surface area contributed by atoms with Crippen LogP contribution in [0.3, 0.4) is 0 Å². The van der Waals surface area contributed by atoms with Crippen LogP contribution in [0.2, 0.25) is 0 Å². The molecule has 2 N–H and O–H groups in total. The molecule has 3 aromatic heterocycles. The van der Waals surface area contributed by atoms with Crippen molar-refractivity contribution >= 4 is 28.7 Å². The number of aromatic nitrogens is 5. The van der Waals surface area contributed by atoms with Gasteiger partial charge < -0.3 is 15.2 Å². The predicted octanol–water partition coefficient (Wildman–Crippen LogP) is 4.34. The number of anilines is 2. The summed E-state index contributed by atoms with van der Waals surface area (Å²) in [6, 6.07) is 7.77. The van der Waals surface area contributed by atoms with Crippen LogP contribution in [0.15, 0.2) is 42.9 Å². The molecule has 10 heteroatoms. The van der Waals surface area contributed by atoms with E-state index in [0.717, 1.165) is 56.7 Å². The normalized spacial score (nSPS) is 17.3. The second-order valence-electron chi connectivity index (χ2n) is 9.90. The highest BCUT2D eigenvalue weighted by molar-refractivity contribution is 5.84. The van der Waals surface area contributed by atoms with Crippen molar-refractivity contribution in [3.8, 4) is 11.1 Å². The SMILES string of the molecule is CCn1cc(-c2ccc3[nH]c(Nc4cc(C(C)N5CCN(C(=O)C6CC6)CC5)ccn4)nc3c2F)cn1. The summed E-state index contributed by atoms with van der Waals surface area (Å²) in [5.41, 5.74) is 3.19. The second-order valence-corrected chi connectivity index (χ2v) is 9.90. The number of aryl methyl sites for hydroxylation is 1. The lowest BCUT2D eigenvalue weighted by atomic mass is 10.1. The lowest BCUT2D eigenvalue weighted by Gasteiger charge is -2.38. The Balaban J connectivity index is 1.16. The molecule has 1 saturated carbocycles. The summed E-state index contributed by atoms with van der Waals surface area (Å²) in [6.45, 7) is 8.16. The van der Waals surface area contributed by atoms with Gasteiger partial charge in [0.1, 0.15) is 11.3 Å². The van der Waals surface area contributed by atoms with Crippen LogP contribution >= 0.6 is 0 Å². The fourth-order valence-electron chi connectivity index (χ4n) is 5.03. The number of benzene rings is 1. The van der Waals surface area contributed by atoms with E-state index in [1.165, 1.54) is 0 Å². The molecule has 1 aliphatic heterocycles. The Labute approximate surface area is 214 Å². The quantitative estimate of drug-likeness (QED) is 0.390. The van der Waals surface area contributed by atoms with Gasteiger partial charge in [-0.05, 0) is 56.5 Å². The number of aromatic amines is 1. The highest BCUT2D eigenvalue weighted by Crippen LogP contribution is 2.32. The van der Waals surface area contributed by atoms with E-state index in [1.54, 1.807) is 23.1 Å². The third-order valence-electron chi connectivity index (χ3n) is 7.47. The molecule has 1 aromatic carbocycles. The number of imidazole rings is 1. The van der Waals surface area contributed by atoms with Crippen molar-refractivity contribution in [2.75, 3.05) is 31.5 Å². The number of fused-ring (bicyclic) bond motifs is 1. The molecule has 2 aliphatic rings. The van der Waals surface area contributed by atoms with Gasteiger partial charge in [-0.1, -0.05) is 0 Å². The van der Waals surface area contributed by atoms with E-state index in [2.05, 4.69) is 37.2 Å². The Morgan fingerprint density at radius 1 is 1.22 bits per heavy atom. The average molecular weight is 503 g/mol. The number of halogens is 1. The third-order valence-corrected chi connectivity index (χ3v) is 7.47. The van der Waals surface area contributed by atoms with Gasteiger partial charge in [-0.25, -0.2) is 14.4 Å². The summed E-state index contributed by atoms with van der Waals surface area (Å²) in [6.07, 6.45) is 7.37. The first-order valence-electron chi connectivity index (χ1n) is 13.0. The lowest BCUT2D eigenvalue weighted by molar-refractivity contribution is -0.134. The molecule has 9 nitrogen and oxygen atoms in total. The number of rotatable bonds is 7. The highest BCUT2D eigenvalue weighted by atomic mass is 19.1. The molecule has 4 heterocycles. The number of carbonyl (C=O) groups is 1. The molecular formula is C27H31FN8O. The summed E-state index contributed by atoms with van der Waals surface area (Å²) < 4.78 is 17.1. The first-order chi connectivity index (χ1) is 18.0. The van der Waals surface area contributed by atoms with Crippen LogP contribution in [0.4, 0.5) is 16.2 Å². The van der Waals surface area contributed by atoms with Crippen LogP contribution in [0.5, 0.6) is 0 Å². The van der Waals surface area contributed by atoms with Gasteiger partial charge in [-0.2, -0.15) is 5.10 Å². The molecule has 6 rings (SSSR count). The van der Waals surface area contributed by atoms with Crippen LogP contribution in [0.1, 0.15) is 38.3 Å². The smallest absolute Gasteiger partial charge is 0.225 e. The number of nitrogens with one attached hydrogen (secondary N) is 2. The minimum Gasteiger partial charge on any atom is -0.340 e. The standard InChI is InChI=1S/C27H31FN8O/c1-3-36-16-20(15-30-36)21-6-7-22-25(24(21)28)33-27(31-22)32-23-14-19(8-9-29-23)17(2)34-10-12-35(13-11-34)26(37)18-4-5-18/h6-9,14-18H,3-5,10-13H2,1-2H3,(H2,29,31,32,33). The minimum atomic E-state index is -0.382. The van der Waals surface area contributed by atoms with Gasteiger partial charge in [0.05, 0.1) is 11.7 Å². The molecule has 1 atom stereocenters. The number of hydrogen-bond acceptors (Lipinski definition) is 6. The van der Waals surface area contributed by atoms with Crippen LogP contribution in [0, 0.1) is 11.7 Å². The van der Waals surface area contributed by atoms with Crippen LogP contribution in [-0.4, -0.2) is 66.6 Å². The summed E-state index contributed by atoms with van der Waals surface area (Å²) in [7, 11) is 0. The Kier molecular flexibility index (Phi) is 6.11. The van der Waals surface area contributed by atoms with Crippen LogP contribution < -0.4 is 5.32 Å². The number of hydrogen-bond donors (Lipinski definition) is 2. The molecule has 0 radical (unpaired) electrons. The molecule has 2 fully saturated rings. The molecule has 1 saturated heterocycles. The van der Waals surface area contributed by atoms with E-state index in [1.807, 2.05) is 36.2 Å². The third kappa shape index (κ3) is 4.69. The number of carbonyl (C=O) groups excluding carboxylic acids is 1. The molecule has 4 aromatic rings. The first-order valence-corrected chi connectivity index (χ1v) is 13.0. The number of nitrogens with zero attached hydrogens (tertiary/aromatic N) is 6. The second kappa shape index (κ2) is 9.59. The largest absolute Gasteiger partial charge is 0.340 e. The van der Waals surface area contributed by atoms with Gasteiger partial charge in [0.25, 0.3) is 0 Å². The lowest BCUT2D eigenvalue weighted by Crippen LogP contribution is -2.49. The minimum absolute atomic E-state index is 0.182. The van der Waals surface area contributed by atoms with Gasteiger partial charge in [-0.15, -0.1) is 0 Å². The summed E-state index contributed by atoms with van der Waals surface area (Å²) in [5, 5.41) is 7.45. The van der Waals surface area contributed by atoms with Gasteiger partial charge in [0.15, 0.2) is 5.82 Å². The topological polar surface area (TPSA) is 95.0 Å². The van der Waals surface area contributed by atoms with E-state index >= 15 is 4.39 Å². The van der Waals surface area contributed by atoms with E-state index in [0.29, 0.717) is 28.8 Å². The zero-order valence-corrected chi connectivity index (χ0v) is 21.1. The molecule has 1 unspecified atom stereocenters. The average Bonchev–Trinajstić information content (AvgIpc) is 3.52.